The summed E-state index contributed by atoms with van der Waals surface area (Å²) in [5.41, 5.74) is 1.24. The molecule has 1 saturated heterocycles. The third-order valence-corrected chi connectivity index (χ3v) is 5.60. The Kier molecular flexibility index (Phi) is 11.7. The summed E-state index contributed by atoms with van der Waals surface area (Å²) in [5.74, 6) is 3.41. The van der Waals surface area contributed by atoms with E-state index in [1.54, 1.807) is 13.4 Å². The highest BCUT2D eigenvalue weighted by Crippen LogP contribution is 2.28. The maximum Gasteiger partial charge on any atom is 0.191 e. The molecule has 2 N–H and O–H groups in total. The number of aliphatic imine (C=N–C) groups is 1. The van der Waals surface area contributed by atoms with Crippen molar-refractivity contribution in [1.29, 1.82) is 0 Å². The lowest BCUT2D eigenvalue weighted by Gasteiger charge is -2.26. The van der Waals surface area contributed by atoms with Crippen LogP contribution >= 0.6 is 24.0 Å². The Morgan fingerprint density at radius 2 is 2.00 bits per heavy atom. The predicted molar refractivity (Wildman–Crippen MR) is 140 cm³/mol. The highest BCUT2D eigenvalue weighted by atomic mass is 127. The highest BCUT2D eigenvalue weighted by Gasteiger charge is 2.25. The second-order valence-electron chi connectivity index (χ2n) is 7.68. The molecule has 0 amide bonds. The summed E-state index contributed by atoms with van der Waals surface area (Å²) >= 11 is 0. The first-order chi connectivity index (χ1) is 15.2. The molecule has 0 bridgehead atoms. The van der Waals surface area contributed by atoms with E-state index in [4.69, 9.17) is 13.9 Å². The number of methoxy groups -OCH3 is 1. The van der Waals surface area contributed by atoms with Crippen LogP contribution < -0.4 is 20.1 Å². The number of nitrogens with zero attached hydrogens (tertiary/aromatic N) is 2. The first-order valence-corrected chi connectivity index (χ1v) is 11.3. The van der Waals surface area contributed by atoms with Crippen molar-refractivity contribution in [3.05, 3.63) is 47.9 Å². The van der Waals surface area contributed by atoms with Crippen LogP contribution in [0.25, 0.3) is 0 Å². The first-order valence-electron chi connectivity index (χ1n) is 11.3. The highest BCUT2D eigenvalue weighted by molar-refractivity contribution is 14.0. The molecule has 1 aromatic heterocycles. The molecule has 8 heteroatoms. The molecule has 1 aliphatic heterocycles. The molecule has 32 heavy (non-hydrogen) atoms. The number of hydrogen-bond donors (Lipinski definition) is 2. The van der Waals surface area contributed by atoms with Gasteiger partial charge in [-0.25, -0.2) is 0 Å². The molecule has 1 aromatic carbocycles. The second kappa shape index (κ2) is 14.3. The zero-order valence-corrected chi connectivity index (χ0v) is 21.8. The molecule has 1 aliphatic rings. The van der Waals surface area contributed by atoms with Gasteiger partial charge >= 0.3 is 0 Å². The molecular weight excluding hydrogens is 519 g/mol. The lowest BCUT2D eigenvalue weighted by Crippen LogP contribution is -2.42. The lowest BCUT2D eigenvalue weighted by atomic mass is 10.1. The molecule has 0 saturated carbocycles. The van der Waals surface area contributed by atoms with Crippen LogP contribution in [0.15, 0.2) is 46.0 Å². The van der Waals surface area contributed by atoms with Crippen LogP contribution in [0.3, 0.4) is 0 Å². The van der Waals surface area contributed by atoms with Gasteiger partial charge in [0.2, 0.25) is 0 Å². The molecule has 178 valence electrons. The molecule has 2 heterocycles. The summed E-state index contributed by atoms with van der Waals surface area (Å²) in [7, 11) is 3.48. The molecular formula is C24H37IN4O3. The zero-order chi connectivity index (χ0) is 21.9. The van der Waals surface area contributed by atoms with Crippen molar-refractivity contribution >= 4 is 29.9 Å². The number of benzene rings is 1. The van der Waals surface area contributed by atoms with E-state index in [9.17, 15) is 0 Å². The third kappa shape index (κ3) is 7.58. The van der Waals surface area contributed by atoms with Gasteiger partial charge in [0.15, 0.2) is 17.5 Å². The quantitative estimate of drug-likeness (QED) is 0.187. The molecule has 3 rings (SSSR count). The molecule has 2 aromatic rings. The van der Waals surface area contributed by atoms with Crippen molar-refractivity contribution < 1.29 is 13.9 Å². The number of rotatable bonds is 11. The Morgan fingerprint density at radius 3 is 2.66 bits per heavy atom. The largest absolute Gasteiger partial charge is 0.493 e. The summed E-state index contributed by atoms with van der Waals surface area (Å²) in [6, 6.07) is 10.4. The van der Waals surface area contributed by atoms with Crippen molar-refractivity contribution in [2.45, 2.75) is 38.6 Å². The van der Waals surface area contributed by atoms with Crippen LogP contribution in [0.1, 0.15) is 43.6 Å². The Bertz CT molecular complexity index is 808. The van der Waals surface area contributed by atoms with Gasteiger partial charge in [-0.2, -0.15) is 0 Å². The Morgan fingerprint density at radius 1 is 1.19 bits per heavy atom. The fourth-order valence-electron chi connectivity index (χ4n) is 4.00. The maximum absolute atomic E-state index is 5.70. The molecule has 1 fully saturated rings. The van der Waals surface area contributed by atoms with Gasteiger partial charge < -0.3 is 24.5 Å². The standard InChI is InChI=1S/C24H36N4O3.HI/c1-4-30-23-17-19(11-12-22(23)29-3)9-7-13-26-24(25-2)27-18-20(21-10-8-16-31-21)28-14-5-6-15-28;/h8,10-12,16-17,20H,4-7,9,13-15,18H2,1-3H3,(H2,25,26,27);1H. The molecule has 1 unspecified atom stereocenters. The lowest BCUT2D eigenvalue weighted by molar-refractivity contribution is 0.215. The minimum atomic E-state index is 0. The van der Waals surface area contributed by atoms with Gasteiger partial charge in [-0.05, 0) is 75.5 Å². The first kappa shape index (κ1) is 26.3. The van der Waals surface area contributed by atoms with Gasteiger partial charge in [0.1, 0.15) is 5.76 Å². The van der Waals surface area contributed by atoms with Crippen molar-refractivity contribution in [1.82, 2.24) is 15.5 Å². The van der Waals surface area contributed by atoms with Gasteiger partial charge in [-0.1, -0.05) is 6.07 Å². The van der Waals surface area contributed by atoms with Gasteiger partial charge in [0, 0.05) is 20.1 Å². The number of nitrogens with one attached hydrogen (secondary N) is 2. The Labute approximate surface area is 209 Å². The van der Waals surface area contributed by atoms with Crippen LogP contribution in [0, 0.1) is 0 Å². The average molecular weight is 556 g/mol. The monoisotopic (exact) mass is 556 g/mol. The predicted octanol–water partition coefficient (Wildman–Crippen LogP) is 4.24. The van der Waals surface area contributed by atoms with Crippen LogP contribution in [-0.4, -0.2) is 57.8 Å². The topological polar surface area (TPSA) is 71.3 Å². The van der Waals surface area contributed by atoms with Crippen molar-refractivity contribution in [3.8, 4) is 11.5 Å². The van der Waals surface area contributed by atoms with E-state index in [2.05, 4.69) is 38.7 Å². The minimum absolute atomic E-state index is 0. The van der Waals surface area contributed by atoms with Gasteiger partial charge in [-0.15, -0.1) is 24.0 Å². The number of hydrogen-bond acceptors (Lipinski definition) is 5. The summed E-state index contributed by atoms with van der Waals surface area (Å²) in [6.45, 7) is 6.44. The summed E-state index contributed by atoms with van der Waals surface area (Å²) in [5, 5.41) is 6.90. The van der Waals surface area contributed by atoms with Gasteiger partial charge in [0.25, 0.3) is 0 Å². The molecule has 7 nitrogen and oxygen atoms in total. The number of halogens is 1. The number of likely N-dealkylation sites (tertiary alicyclic amines) is 1. The van der Waals surface area contributed by atoms with E-state index < -0.39 is 0 Å². The normalized spacial score (nSPS) is 15.2. The van der Waals surface area contributed by atoms with Crippen molar-refractivity contribution in [2.24, 2.45) is 4.99 Å². The molecule has 0 spiro atoms. The van der Waals surface area contributed by atoms with E-state index in [0.717, 1.165) is 62.2 Å². The van der Waals surface area contributed by atoms with Crippen LogP contribution in [-0.2, 0) is 6.42 Å². The SMILES string of the molecule is CCOc1cc(CCCNC(=NC)NCC(c2ccco2)N2CCCC2)ccc1OC.I. The van der Waals surface area contributed by atoms with Crippen LogP contribution in [0.4, 0.5) is 0 Å². The Balaban J connectivity index is 0.00000363. The van der Waals surface area contributed by atoms with Crippen LogP contribution in [0.5, 0.6) is 11.5 Å². The zero-order valence-electron chi connectivity index (χ0n) is 19.4. The van der Waals surface area contributed by atoms with Gasteiger partial charge in [0.05, 0.1) is 26.0 Å². The molecule has 0 radical (unpaired) electrons. The van der Waals surface area contributed by atoms with E-state index in [0.29, 0.717) is 6.61 Å². The number of aryl methyl sites for hydroxylation is 1. The van der Waals surface area contributed by atoms with Crippen LogP contribution in [0.2, 0.25) is 0 Å². The Hall–Kier alpha value is -1.94. The second-order valence-corrected chi connectivity index (χ2v) is 7.68. The molecule has 1 atom stereocenters. The summed E-state index contributed by atoms with van der Waals surface area (Å²) < 4.78 is 16.7. The average Bonchev–Trinajstić information content (AvgIpc) is 3.51. The number of ether oxygens (including phenoxy) is 2. The minimum Gasteiger partial charge on any atom is -0.493 e. The van der Waals surface area contributed by atoms with Crippen molar-refractivity contribution in [3.63, 3.8) is 0 Å². The molecule has 0 aliphatic carbocycles. The third-order valence-electron chi connectivity index (χ3n) is 5.60. The van der Waals surface area contributed by atoms with E-state index >= 15 is 0 Å². The fraction of sp³-hybridized carbons (Fsp3) is 0.542. The summed E-state index contributed by atoms with van der Waals surface area (Å²) in [6.07, 6.45) is 6.20. The van der Waals surface area contributed by atoms with E-state index in [1.807, 2.05) is 26.1 Å². The van der Waals surface area contributed by atoms with Gasteiger partial charge in [-0.3, -0.25) is 9.89 Å². The smallest absolute Gasteiger partial charge is 0.191 e. The number of furan rings is 1. The van der Waals surface area contributed by atoms with E-state index in [-0.39, 0.29) is 30.0 Å². The maximum atomic E-state index is 5.70. The number of guanidine groups is 1. The fourth-order valence-corrected chi connectivity index (χ4v) is 4.00. The summed E-state index contributed by atoms with van der Waals surface area (Å²) in [4.78, 5) is 6.87. The van der Waals surface area contributed by atoms with Crippen molar-refractivity contribution in [2.75, 3.05) is 46.9 Å². The van der Waals surface area contributed by atoms with E-state index in [1.165, 1.54) is 18.4 Å².